The summed E-state index contributed by atoms with van der Waals surface area (Å²) in [5, 5.41) is 3.60. The molecule has 1 saturated carbocycles. The number of fused-ring (bicyclic) bond motifs is 1. The Morgan fingerprint density at radius 1 is 1.40 bits per heavy atom. The van der Waals surface area contributed by atoms with Gasteiger partial charge in [0.25, 0.3) is 0 Å². The first-order valence-electron chi connectivity index (χ1n) is 7.73. The van der Waals surface area contributed by atoms with Gasteiger partial charge in [0, 0.05) is 30.6 Å². The maximum atomic E-state index is 5.84. The molecule has 1 aliphatic carbocycles. The Bertz CT molecular complexity index is 494. The van der Waals surface area contributed by atoms with E-state index in [4.69, 9.17) is 9.47 Å². The number of rotatable bonds is 6. The summed E-state index contributed by atoms with van der Waals surface area (Å²) >= 11 is 0. The van der Waals surface area contributed by atoms with Crippen LogP contribution in [0.5, 0.6) is 11.5 Å². The molecule has 3 rings (SSSR count). The standard InChI is InChI=1S/C17H25NO2/c1-4-17(5-6-17)11-18-10-14-9-16-13(7-12(2)20-16)8-15(14)19-3/h8-9,12,18H,4-7,10-11H2,1-3H3. The molecule has 2 aliphatic rings. The Morgan fingerprint density at radius 3 is 2.85 bits per heavy atom. The molecule has 1 aromatic rings. The van der Waals surface area contributed by atoms with Crippen LogP contribution in [-0.2, 0) is 13.0 Å². The lowest BCUT2D eigenvalue weighted by molar-refractivity contribution is 0.254. The molecule has 1 unspecified atom stereocenters. The Labute approximate surface area is 121 Å². The summed E-state index contributed by atoms with van der Waals surface area (Å²) in [6.45, 7) is 6.37. The van der Waals surface area contributed by atoms with Crippen LogP contribution in [0.4, 0.5) is 0 Å². The van der Waals surface area contributed by atoms with Crippen LogP contribution in [0.2, 0.25) is 0 Å². The third kappa shape index (κ3) is 2.64. The predicted molar refractivity (Wildman–Crippen MR) is 80.5 cm³/mol. The van der Waals surface area contributed by atoms with E-state index in [9.17, 15) is 0 Å². The van der Waals surface area contributed by atoms with Gasteiger partial charge >= 0.3 is 0 Å². The second kappa shape index (κ2) is 5.28. The van der Waals surface area contributed by atoms with Crippen molar-refractivity contribution >= 4 is 0 Å². The van der Waals surface area contributed by atoms with Gasteiger partial charge in [0.2, 0.25) is 0 Å². The van der Waals surface area contributed by atoms with Gasteiger partial charge in [0.15, 0.2) is 0 Å². The zero-order chi connectivity index (χ0) is 14.2. The van der Waals surface area contributed by atoms with Crippen molar-refractivity contribution < 1.29 is 9.47 Å². The maximum Gasteiger partial charge on any atom is 0.123 e. The van der Waals surface area contributed by atoms with Crippen molar-refractivity contribution in [3.05, 3.63) is 23.3 Å². The Hall–Kier alpha value is -1.22. The van der Waals surface area contributed by atoms with E-state index in [1.54, 1.807) is 7.11 Å². The van der Waals surface area contributed by atoms with Gasteiger partial charge in [0.05, 0.1) is 7.11 Å². The molecule has 0 aromatic heterocycles. The van der Waals surface area contributed by atoms with Gasteiger partial charge in [-0.25, -0.2) is 0 Å². The number of hydrogen-bond donors (Lipinski definition) is 1. The number of ether oxygens (including phenoxy) is 2. The Morgan fingerprint density at radius 2 is 2.20 bits per heavy atom. The van der Waals surface area contributed by atoms with E-state index in [2.05, 4.69) is 31.3 Å². The molecule has 1 atom stereocenters. The molecule has 0 amide bonds. The molecule has 3 heteroatoms. The van der Waals surface area contributed by atoms with Crippen molar-refractivity contribution in [2.45, 2.75) is 52.2 Å². The van der Waals surface area contributed by atoms with Gasteiger partial charge in [-0.1, -0.05) is 6.92 Å². The fraction of sp³-hybridized carbons (Fsp3) is 0.647. The van der Waals surface area contributed by atoms with Crippen LogP contribution >= 0.6 is 0 Å². The van der Waals surface area contributed by atoms with E-state index in [0.717, 1.165) is 31.0 Å². The molecule has 1 aliphatic heterocycles. The zero-order valence-electron chi connectivity index (χ0n) is 12.8. The van der Waals surface area contributed by atoms with E-state index in [0.29, 0.717) is 5.41 Å². The van der Waals surface area contributed by atoms with Gasteiger partial charge in [-0.05, 0) is 43.7 Å². The molecule has 1 aromatic carbocycles. The monoisotopic (exact) mass is 275 g/mol. The third-order valence-corrected chi connectivity index (χ3v) is 4.82. The second-order valence-electron chi connectivity index (χ2n) is 6.36. The fourth-order valence-corrected chi connectivity index (χ4v) is 3.10. The first-order valence-corrected chi connectivity index (χ1v) is 7.73. The Balaban J connectivity index is 1.68. The lowest BCUT2D eigenvalue weighted by Gasteiger charge is -2.15. The smallest absolute Gasteiger partial charge is 0.123 e. The van der Waals surface area contributed by atoms with E-state index in [1.807, 2.05) is 0 Å². The average Bonchev–Trinajstić information content (AvgIpc) is 3.13. The highest BCUT2D eigenvalue weighted by molar-refractivity contribution is 5.48. The summed E-state index contributed by atoms with van der Waals surface area (Å²) in [5.41, 5.74) is 3.05. The van der Waals surface area contributed by atoms with Crippen LogP contribution in [0.3, 0.4) is 0 Å². The molecule has 0 spiro atoms. The summed E-state index contributed by atoms with van der Waals surface area (Å²) in [6, 6.07) is 4.29. The first-order chi connectivity index (χ1) is 9.65. The minimum atomic E-state index is 0.285. The van der Waals surface area contributed by atoms with Crippen LogP contribution in [-0.4, -0.2) is 19.8 Å². The second-order valence-corrected chi connectivity index (χ2v) is 6.36. The van der Waals surface area contributed by atoms with Crippen LogP contribution in [0, 0.1) is 5.41 Å². The van der Waals surface area contributed by atoms with Crippen molar-refractivity contribution in [3.63, 3.8) is 0 Å². The summed E-state index contributed by atoms with van der Waals surface area (Å²) in [5.74, 6) is 2.02. The normalized spacial score (nSPS) is 22.2. The van der Waals surface area contributed by atoms with Crippen molar-refractivity contribution in [2.24, 2.45) is 5.41 Å². The minimum Gasteiger partial charge on any atom is -0.496 e. The summed E-state index contributed by atoms with van der Waals surface area (Å²) in [6.07, 6.45) is 5.30. The molecular formula is C17H25NO2. The van der Waals surface area contributed by atoms with Crippen molar-refractivity contribution in [2.75, 3.05) is 13.7 Å². The van der Waals surface area contributed by atoms with Crippen molar-refractivity contribution in [1.29, 1.82) is 0 Å². The van der Waals surface area contributed by atoms with E-state index >= 15 is 0 Å². The molecule has 3 nitrogen and oxygen atoms in total. The van der Waals surface area contributed by atoms with Gasteiger partial charge < -0.3 is 14.8 Å². The highest BCUT2D eigenvalue weighted by atomic mass is 16.5. The molecule has 1 heterocycles. The molecule has 0 bridgehead atoms. The van der Waals surface area contributed by atoms with Crippen LogP contribution in [0.25, 0.3) is 0 Å². The van der Waals surface area contributed by atoms with Crippen LogP contribution < -0.4 is 14.8 Å². The molecule has 0 radical (unpaired) electrons. The topological polar surface area (TPSA) is 30.5 Å². The molecule has 1 fully saturated rings. The summed E-state index contributed by atoms with van der Waals surface area (Å²) in [7, 11) is 1.75. The van der Waals surface area contributed by atoms with Gasteiger partial charge in [-0.15, -0.1) is 0 Å². The number of nitrogens with one attached hydrogen (secondary N) is 1. The van der Waals surface area contributed by atoms with E-state index in [-0.39, 0.29) is 6.10 Å². The van der Waals surface area contributed by atoms with Crippen molar-refractivity contribution in [3.8, 4) is 11.5 Å². The largest absolute Gasteiger partial charge is 0.496 e. The van der Waals surface area contributed by atoms with Gasteiger partial charge in [0.1, 0.15) is 17.6 Å². The van der Waals surface area contributed by atoms with Crippen molar-refractivity contribution in [1.82, 2.24) is 5.32 Å². The Kier molecular flexibility index (Phi) is 3.63. The lowest BCUT2D eigenvalue weighted by atomic mass is 10.0. The molecule has 0 saturated heterocycles. The maximum absolute atomic E-state index is 5.84. The predicted octanol–water partition coefficient (Wildman–Crippen LogP) is 3.30. The molecular weight excluding hydrogens is 250 g/mol. The third-order valence-electron chi connectivity index (χ3n) is 4.82. The highest BCUT2D eigenvalue weighted by Crippen LogP contribution is 2.48. The summed E-state index contributed by atoms with van der Waals surface area (Å²) in [4.78, 5) is 0. The molecule has 1 N–H and O–H groups in total. The van der Waals surface area contributed by atoms with E-state index in [1.165, 1.54) is 30.4 Å². The van der Waals surface area contributed by atoms with E-state index < -0.39 is 0 Å². The quantitative estimate of drug-likeness (QED) is 0.864. The lowest BCUT2D eigenvalue weighted by Crippen LogP contribution is -2.23. The molecule has 110 valence electrons. The number of methoxy groups -OCH3 is 1. The highest BCUT2D eigenvalue weighted by Gasteiger charge is 2.39. The summed E-state index contributed by atoms with van der Waals surface area (Å²) < 4.78 is 11.4. The van der Waals surface area contributed by atoms with Gasteiger partial charge in [-0.3, -0.25) is 0 Å². The minimum absolute atomic E-state index is 0.285. The fourth-order valence-electron chi connectivity index (χ4n) is 3.10. The van der Waals surface area contributed by atoms with Crippen LogP contribution in [0.15, 0.2) is 12.1 Å². The number of hydrogen-bond acceptors (Lipinski definition) is 3. The zero-order valence-corrected chi connectivity index (χ0v) is 12.8. The number of benzene rings is 1. The average molecular weight is 275 g/mol. The first kappa shape index (κ1) is 13.7. The SMILES string of the molecule is CCC1(CNCc2cc3c(cc2OC)CC(C)O3)CC1. The van der Waals surface area contributed by atoms with Gasteiger partial charge in [-0.2, -0.15) is 0 Å². The van der Waals surface area contributed by atoms with Crippen LogP contribution in [0.1, 0.15) is 44.2 Å². The molecule has 20 heavy (non-hydrogen) atoms.